The third kappa shape index (κ3) is 4.30. The Morgan fingerprint density at radius 2 is 1.83 bits per heavy atom. The van der Waals surface area contributed by atoms with Gasteiger partial charge < -0.3 is 24.4 Å². The molecular formula is C19H23FN4O5S. The van der Waals surface area contributed by atoms with Gasteiger partial charge in [-0.1, -0.05) is 6.07 Å². The number of piperazine rings is 1. The van der Waals surface area contributed by atoms with Crippen LogP contribution in [0.1, 0.15) is 12.8 Å². The normalized spacial score (nSPS) is 24.9. The molecule has 4 rings (SSSR count). The lowest BCUT2D eigenvalue weighted by molar-refractivity contribution is 0.0438. The van der Waals surface area contributed by atoms with Crippen LogP contribution >= 0.6 is 12.2 Å². The summed E-state index contributed by atoms with van der Waals surface area (Å²) in [6.07, 6.45) is -0.425. The van der Waals surface area contributed by atoms with E-state index in [2.05, 4.69) is 5.10 Å². The van der Waals surface area contributed by atoms with Crippen molar-refractivity contribution in [3.05, 3.63) is 46.6 Å². The number of ether oxygens (including phenoxy) is 1. The molecule has 1 aromatic carbocycles. The maximum Gasteiger partial charge on any atom is 0.316 e. The first kappa shape index (κ1) is 21.1. The van der Waals surface area contributed by atoms with E-state index < -0.39 is 29.7 Å². The number of halogens is 1. The Morgan fingerprint density at radius 1 is 1.13 bits per heavy atom. The Balaban J connectivity index is 1.70. The lowest BCUT2D eigenvalue weighted by Crippen LogP contribution is -2.44. The number of rotatable bonds is 5. The first-order valence-corrected chi connectivity index (χ1v) is 10.4. The van der Waals surface area contributed by atoms with E-state index in [1.165, 1.54) is 24.4 Å². The topological polar surface area (TPSA) is 111 Å². The molecule has 3 N–H and O–H groups in total. The van der Waals surface area contributed by atoms with Gasteiger partial charge >= 0.3 is 5.56 Å². The molecule has 0 amide bonds. The van der Waals surface area contributed by atoms with E-state index in [-0.39, 0.29) is 24.3 Å². The summed E-state index contributed by atoms with van der Waals surface area (Å²) < 4.78 is 31.7. The van der Waals surface area contributed by atoms with E-state index in [0.717, 1.165) is 4.68 Å². The second-order valence-electron chi connectivity index (χ2n) is 7.40. The Morgan fingerprint density at radius 3 is 2.47 bits per heavy atom. The number of aromatic nitrogens is 2. The minimum absolute atomic E-state index is 0.0469. The highest BCUT2D eigenvalue weighted by atomic mass is 32.2. The van der Waals surface area contributed by atoms with Crippen LogP contribution in [0, 0.1) is 5.82 Å². The van der Waals surface area contributed by atoms with E-state index in [0.29, 0.717) is 44.1 Å². The van der Waals surface area contributed by atoms with Crippen LogP contribution in [0.4, 0.5) is 10.1 Å². The van der Waals surface area contributed by atoms with E-state index in [9.17, 15) is 24.0 Å². The number of hydrogen-bond acceptors (Lipinski definition) is 9. The quantitative estimate of drug-likeness (QED) is 0.463. The van der Waals surface area contributed by atoms with Crippen molar-refractivity contribution in [2.45, 2.75) is 31.2 Å². The number of aliphatic hydroxyl groups is 2. The highest BCUT2D eigenvalue weighted by Gasteiger charge is 2.35. The Bertz CT molecular complexity index is 943. The summed E-state index contributed by atoms with van der Waals surface area (Å²) >= 11 is 0.681. The number of aliphatic hydroxyl groups excluding tert-OH is 2. The second kappa shape index (κ2) is 8.90. The fourth-order valence-electron chi connectivity index (χ4n) is 3.78. The molecule has 30 heavy (non-hydrogen) atoms. The molecule has 2 atom stereocenters. The van der Waals surface area contributed by atoms with Crippen LogP contribution in [0.3, 0.4) is 0 Å². The minimum atomic E-state index is -0.907. The van der Waals surface area contributed by atoms with Gasteiger partial charge in [-0.25, -0.2) is 8.70 Å². The van der Waals surface area contributed by atoms with Gasteiger partial charge in [0, 0.05) is 39.0 Å². The molecule has 1 saturated heterocycles. The molecule has 2 heterocycles. The molecule has 1 aliphatic heterocycles. The number of anilines is 1. The van der Waals surface area contributed by atoms with Crippen molar-refractivity contribution in [3.8, 4) is 11.4 Å². The first-order chi connectivity index (χ1) is 14.5. The lowest BCUT2D eigenvalue weighted by atomic mass is 10.2. The molecule has 2 fully saturated rings. The van der Waals surface area contributed by atoms with E-state index in [4.69, 9.17) is 4.74 Å². The molecule has 2 unspecified atom stereocenters. The third-order valence-electron chi connectivity index (χ3n) is 5.40. The van der Waals surface area contributed by atoms with Crippen molar-refractivity contribution in [1.29, 1.82) is 0 Å². The Kier molecular flexibility index (Phi) is 6.25. The van der Waals surface area contributed by atoms with Gasteiger partial charge in [-0.05, 0) is 18.2 Å². The van der Waals surface area contributed by atoms with Crippen LogP contribution in [0.5, 0.6) is 5.75 Å². The Hall–Kier alpha value is -2.18. The van der Waals surface area contributed by atoms with Gasteiger partial charge in [-0.2, -0.15) is 9.78 Å². The largest absolute Gasteiger partial charge is 0.483 e. The molecule has 0 bridgehead atoms. The predicted molar refractivity (Wildman–Crippen MR) is 109 cm³/mol. The summed E-state index contributed by atoms with van der Waals surface area (Å²) in [6.45, 7) is 2.25. The van der Waals surface area contributed by atoms with Crippen molar-refractivity contribution in [2.75, 3.05) is 31.1 Å². The standard InChI is InChI=1S/C19H23FN4O5S/c20-12-2-1-3-13(8-12)24-19(27)18(29-14-9-16(25)17(26)10-14)15(11-21-24)22-4-6-23(30-28)7-5-22/h1-3,8,11,14,16-17,25-26,28H,4-7,9-10H2. The maximum atomic E-state index is 13.7. The van der Waals surface area contributed by atoms with Crippen LogP contribution in [-0.2, 0) is 0 Å². The van der Waals surface area contributed by atoms with E-state index >= 15 is 0 Å². The summed E-state index contributed by atoms with van der Waals surface area (Å²) in [7, 11) is 0. The van der Waals surface area contributed by atoms with E-state index in [1.54, 1.807) is 10.4 Å². The average Bonchev–Trinajstić information content (AvgIpc) is 3.06. The summed E-state index contributed by atoms with van der Waals surface area (Å²) in [5.74, 6) is -0.446. The number of nitrogens with zero attached hydrogens (tertiary/aromatic N) is 4. The maximum absolute atomic E-state index is 13.7. The molecule has 1 aromatic heterocycles. The smallest absolute Gasteiger partial charge is 0.316 e. The molecule has 2 aliphatic rings. The Labute approximate surface area is 176 Å². The van der Waals surface area contributed by atoms with E-state index in [1.807, 2.05) is 4.90 Å². The minimum Gasteiger partial charge on any atom is -0.483 e. The molecule has 162 valence electrons. The highest BCUT2D eigenvalue weighted by Crippen LogP contribution is 2.31. The molecule has 9 nitrogen and oxygen atoms in total. The van der Waals surface area contributed by atoms with Gasteiger partial charge in [0.25, 0.3) is 0 Å². The number of benzene rings is 1. The molecule has 0 radical (unpaired) electrons. The van der Waals surface area contributed by atoms with Crippen molar-refractivity contribution in [1.82, 2.24) is 14.1 Å². The molecule has 2 aromatic rings. The fraction of sp³-hybridized carbons (Fsp3) is 0.474. The third-order valence-corrected chi connectivity index (χ3v) is 6.00. The van der Waals surface area contributed by atoms with Crippen molar-refractivity contribution < 1.29 is 23.9 Å². The summed E-state index contributed by atoms with van der Waals surface area (Å²) in [5.41, 5.74) is 0.212. The zero-order chi connectivity index (χ0) is 21.3. The van der Waals surface area contributed by atoms with Gasteiger partial charge in [0.2, 0.25) is 5.75 Å². The van der Waals surface area contributed by atoms with Crippen LogP contribution in [0.15, 0.2) is 35.3 Å². The van der Waals surface area contributed by atoms with Crippen molar-refractivity contribution in [3.63, 3.8) is 0 Å². The molecule has 0 spiro atoms. The first-order valence-electron chi connectivity index (χ1n) is 9.68. The van der Waals surface area contributed by atoms with Gasteiger partial charge in [-0.3, -0.25) is 4.79 Å². The fourth-order valence-corrected chi connectivity index (χ4v) is 4.11. The van der Waals surface area contributed by atoms with Crippen LogP contribution < -0.4 is 15.2 Å². The van der Waals surface area contributed by atoms with Gasteiger partial charge in [-0.15, -0.1) is 0 Å². The molecule has 11 heteroatoms. The van der Waals surface area contributed by atoms with Crippen molar-refractivity contribution in [2.24, 2.45) is 0 Å². The van der Waals surface area contributed by atoms with Gasteiger partial charge in [0.1, 0.15) is 17.6 Å². The average molecular weight is 438 g/mol. The highest BCUT2D eigenvalue weighted by molar-refractivity contribution is 7.91. The SMILES string of the molecule is O=c1c(OC2CC(O)C(O)C2)c(N2CCN(SO)CC2)cnn1-c1cccc(F)c1. The van der Waals surface area contributed by atoms with Crippen LogP contribution in [0.25, 0.3) is 5.69 Å². The zero-order valence-corrected chi connectivity index (χ0v) is 16.9. The number of hydrogen-bond donors (Lipinski definition) is 3. The van der Waals surface area contributed by atoms with Crippen LogP contribution in [-0.4, -0.2) is 73.3 Å². The monoisotopic (exact) mass is 438 g/mol. The lowest BCUT2D eigenvalue weighted by Gasteiger charge is -2.34. The second-order valence-corrected chi connectivity index (χ2v) is 8.08. The molecule has 1 saturated carbocycles. The summed E-state index contributed by atoms with van der Waals surface area (Å²) in [4.78, 5) is 15.2. The predicted octanol–water partition coefficient (Wildman–Crippen LogP) is 0.878. The van der Waals surface area contributed by atoms with Crippen LogP contribution in [0.2, 0.25) is 0 Å². The molecular weight excluding hydrogens is 415 g/mol. The van der Waals surface area contributed by atoms with Gasteiger partial charge in [0.15, 0.2) is 0 Å². The zero-order valence-electron chi connectivity index (χ0n) is 16.1. The van der Waals surface area contributed by atoms with Crippen molar-refractivity contribution >= 4 is 17.9 Å². The summed E-state index contributed by atoms with van der Waals surface area (Å²) in [5, 5.41) is 23.9. The molecule has 1 aliphatic carbocycles. The van der Waals surface area contributed by atoms with Gasteiger partial charge in [0.05, 0.1) is 36.3 Å². The summed E-state index contributed by atoms with van der Waals surface area (Å²) in [6, 6.07) is 5.54.